The second-order valence-corrected chi connectivity index (χ2v) is 6.10. The van der Waals surface area contributed by atoms with E-state index in [1.807, 2.05) is 4.90 Å². The highest BCUT2D eigenvalue weighted by Gasteiger charge is 2.35. The second-order valence-electron chi connectivity index (χ2n) is 5.69. The van der Waals surface area contributed by atoms with Crippen molar-refractivity contribution in [1.82, 2.24) is 5.32 Å². The van der Waals surface area contributed by atoms with Crippen LogP contribution in [-0.4, -0.2) is 30.1 Å². The van der Waals surface area contributed by atoms with Crippen LogP contribution in [0.3, 0.4) is 0 Å². The smallest absolute Gasteiger partial charge is 0.294 e. The molecule has 0 aromatic heterocycles. The molecule has 1 aromatic rings. The van der Waals surface area contributed by atoms with Gasteiger partial charge in [-0.3, -0.25) is 10.1 Å². The number of nitrogens with zero attached hydrogens (tertiary/aromatic N) is 2. The predicted octanol–water partition coefficient (Wildman–Crippen LogP) is 3.11. The molecule has 1 saturated heterocycles. The van der Waals surface area contributed by atoms with Gasteiger partial charge in [0.2, 0.25) is 0 Å². The Hall–Kier alpha value is -1.40. The number of anilines is 1. The fourth-order valence-corrected chi connectivity index (χ4v) is 3.04. The zero-order chi connectivity index (χ0) is 15.0. The van der Waals surface area contributed by atoms with E-state index in [4.69, 9.17) is 11.6 Å². The normalized spacial score (nSPS) is 21.5. The van der Waals surface area contributed by atoms with Crippen LogP contribution in [0.5, 0.6) is 0 Å². The SMILES string of the molecule is O=[N+]([O-])c1cc(Cl)c(F)cc1N(CC1CCCN1)C1CC1. The maximum atomic E-state index is 13.8. The van der Waals surface area contributed by atoms with E-state index >= 15 is 0 Å². The Morgan fingerprint density at radius 3 is 2.76 bits per heavy atom. The van der Waals surface area contributed by atoms with Crippen molar-refractivity contribution >= 4 is 23.0 Å². The minimum atomic E-state index is -0.609. The maximum Gasteiger partial charge on any atom is 0.294 e. The van der Waals surface area contributed by atoms with Gasteiger partial charge in [0.15, 0.2) is 0 Å². The molecule has 21 heavy (non-hydrogen) atoms. The summed E-state index contributed by atoms with van der Waals surface area (Å²) in [7, 11) is 0. The van der Waals surface area contributed by atoms with Gasteiger partial charge in [-0.15, -0.1) is 0 Å². The van der Waals surface area contributed by atoms with Gasteiger partial charge in [-0.05, 0) is 32.2 Å². The molecule has 2 fully saturated rings. The molecule has 1 aromatic carbocycles. The van der Waals surface area contributed by atoms with Crippen molar-refractivity contribution in [3.05, 3.63) is 33.1 Å². The quantitative estimate of drug-likeness (QED) is 0.670. The molecule has 1 heterocycles. The summed E-state index contributed by atoms with van der Waals surface area (Å²) in [4.78, 5) is 12.7. The van der Waals surface area contributed by atoms with Crippen LogP contribution < -0.4 is 10.2 Å². The van der Waals surface area contributed by atoms with Gasteiger partial charge >= 0.3 is 0 Å². The van der Waals surface area contributed by atoms with Crippen LogP contribution in [0.1, 0.15) is 25.7 Å². The molecule has 3 rings (SSSR count). The predicted molar refractivity (Wildman–Crippen MR) is 79.5 cm³/mol. The number of nitro benzene ring substituents is 1. The minimum absolute atomic E-state index is 0.119. The summed E-state index contributed by atoms with van der Waals surface area (Å²) >= 11 is 5.69. The van der Waals surface area contributed by atoms with Crippen LogP contribution in [0, 0.1) is 15.9 Å². The van der Waals surface area contributed by atoms with E-state index in [1.54, 1.807) is 0 Å². The Morgan fingerprint density at radius 2 is 2.19 bits per heavy atom. The topological polar surface area (TPSA) is 58.4 Å². The van der Waals surface area contributed by atoms with Crippen LogP contribution in [-0.2, 0) is 0 Å². The number of rotatable bonds is 5. The Morgan fingerprint density at radius 1 is 1.43 bits per heavy atom. The Kier molecular flexibility index (Phi) is 3.99. The highest BCUT2D eigenvalue weighted by molar-refractivity contribution is 6.31. The molecule has 0 bridgehead atoms. The molecule has 0 amide bonds. The van der Waals surface area contributed by atoms with E-state index in [2.05, 4.69) is 5.32 Å². The van der Waals surface area contributed by atoms with E-state index in [0.717, 1.165) is 38.3 Å². The first kappa shape index (κ1) is 14.5. The summed E-state index contributed by atoms with van der Waals surface area (Å²) in [5.41, 5.74) is 0.226. The lowest BCUT2D eigenvalue weighted by Gasteiger charge is -2.27. The van der Waals surface area contributed by atoms with Crippen molar-refractivity contribution in [1.29, 1.82) is 0 Å². The van der Waals surface area contributed by atoms with Gasteiger partial charge in [-0.25, -0.2) is 4.39 Å². The zero-order valence-electron chi connectivity index (χ0n) is 11.5. The van der Waals surface area contributed by atoms with Gasteiger partial charge < -0.3 is 10.2 Å². The molecule has 1 N–H and O–H groups in total. The Labute approximate surface area is 127 Å². The van der Waals surface area contributed by atoms with Gasteiger partial charge in [0.05, 0.1) is 9.95 Å². The first-order valence-electron chi connectivity index (χ1n) is 7.19. The van der Waals surface area contributed by atoms with Crippen LogP contribution in [0.15, 0.2) is 12.1 Å². The molecule has 0 spiro atoms. The van der Waals surface area contributed by atoms with Crippen LogP contribution >= 0.6 is 11.6 Å². The molecule has 0 radical (unpaired) electrons. The molecular weight excluding hydrogens is 297 g/mol. The number of halogens is 2. The molecule has 1 aliphatic heterocycles. The van der Waals surface area contributed by atoms with Crippen molar-refractivity contribution in [2.24, 2.45) is 0 Å². The highest BCUT2D eigenvalue weighted by atomic mass is 35.5. The van der Waals surface area contributed by atoms with E-state index in [9.17, 15) is 14.5 Å². The van der Waals surface area contributed by atoms with Crippen LogP contribution in [0.2, 0.25) is 5.02 Å². The van der Waals surface area contributed by atoms with Crippen molar-refractivity contribution in [2.75, 3.05) is 18.0 Å². The van der Waals surface area contributed by atoms with E-state index < -0.39 is 10.7 Å². The minimum Gasteiger partial charge on any atom is -0.361 e. The first-order valence-corrected chi connectivity index (χ1v) is 7.57. The Bertz CT molecular complexity index is 559. The van der Waals surface area contributed by atoms with Gasteiger partial charge in [0.25, 0.3) is 5.69 Å². The molecule has 114 valence electrons. The molecule has 7 heteroatoms. The third kappa shape index (κ3) is 3.11. The first-order chi connectivity index (χ1) is 10.1. The number of hydrogen-bond acceptors (Lipinski definition) is 4. The van der Waals surface area contributed by atoms with Gasteiger partial charge in [0, 0.05) is 30.8 Å². The number of benzene rings is 1. The maximum absolute atomic E-state index is 13.8. The van der Waals surface area contributed by atoms with Gasteiger partial charge in [0.1, 0.15) is 11.5 Å². The molecule has 5 nitrogen and oxygen atoms in total. The fraction of sp³-hybridized carbons (Fsp3) is 0.571. The monoisotopic (exact) mass is 313 g/mol. The van der Waals surface area contributed by atoms with Crippen molar-refractivity contribution in [3.8, 4) is 0 Å². The van der Waals surface area contributed by atoms with Crippen molar-refractivity contribution in [3.63, 3.8) is 0 Å². The van der Waals surface area contributed by atoms with Crippen LogP contribution in [0.4, 0.5) is 15.8 Å². The van der Waals surface area contributed by atoms with Crippen molar-refractivity contribution in [2.45, 2.75) is 37.8 Å². The molecule has 2 aliphatic rings. The summed E-state index contributed by atoms with van der Waals surface area (Å²) < 4.78 is 13.8. The zero-order valence-corrected chi connectivity index (χ0v) is 12.3. The molecule has 1 unspecified atom stereocenters. The van der Waals surface area contributed by atoms with Gasteiger partial charge in [-0.1, -0.05) is 11.6 Å². The standard InChI is InChI=1S/C14H17ClFN3O2/c15-11-6-14(19(20)21)13(7-12(11)16)18(10-3-4-10)8-9-2-1-5-17-9/h6-7,9-10,17H,1-5,8H2. The van der Waals surface area contributed by atoms with Crippen molar-refractivity contribution < 1.29 is 9.31 Å². The molecule has 1 atom stereocenters. The van der Waals surface area contributed by atoms with Gasteiger partial charge in [-0.2, -0.15) is 0 Å². The molecule has 1 saturated carbocycles. The van der Waals surface area contributed by atoms with Crippen LogP contribution in [0.25, 0.3) is 0 Å². The summed E-state index contributed by atoms with van der Waals surface area (Å²) in [6, 6.07) is 2.90. The fourth-order valence-electron chi connectivity index (χ4n) is 2.88. The lowest BCUT2D eigenvalue weighted by Crippen LogP contribution is -2.39. The third-order valence-corrected chi connectivity index (χ3v) is 4.38. The number of hydrogen-bond donors (Lipinski definition) is 1. The summed E-state index contributed by atoms with van der Waals surface area (Å²) in [6.07, 6.45) is 4.15. The van der Waals surface area contributed by atoms with E-state index in [0.29, 0.717) is 18.3 Å². The third-order valence-electron chi connectivity index (χ3n) is 4.09. The number of nitrogens with one attached hydrogen (secondary N) is 1. The average Bonchev–Trinajstić information content (AvgIpc) is 3.15. The van der Waals surface area contributed by atoms with E-state index in [1.165, 1.54) is 6.07 Å². The van der Waals surface area contributed by atoms with E-state index in [-0.39, 0.29) is 16.8 Å². The number of nitro groups is 1. The lowest BCUT2D eigenvalue weighted by atomic mass is 10.1. The largest absolute Gasteiger partial charge is 0.361 e. The molecule has 1 aliphatic carbocycles. The average molecular weight is 314 g/mol. The molecular formula is C14H17ClFN3O2. The highest BCUT2D eigenvalue weighted by Crippen LogP contribution is 2.39. The second kappa shape index (κ2) is 5.77. The summed E-state index contributed by atoms with van der Waals surface area (Å²) in [6.45, 7) is 1.65. The lowest BCUT2D eigenvalue weighted by molar-refractivity contribution is -0.384. The summed E-state index contributed by atoms with van der Waals surface area (Å²) in [5.74, 6) is -0.609. The summed E-state index contributed by atoms with van der Waals surface area (Å²) in [5, 5.41) is 14.4. The Balaban J connectivity index is 1.94.